The molecule has 0 saturated heterocycles. The zero-order chi connectivity index (χ0) is 19.1. The fraction of sp³-hybridized carbons (Fsp3) is 0.316. The second-order valence-electron chi connectivity index (χ2n) is 6.69. The normalized spacial score (nSPS) is 15.6. The Hall–Kier alpha value is -2.57. The van der Waals surface area contributed by atoms with Crippen molar-refractivity contribution in [3.05, 3.63) is 64.5 Å². The number of amides is 1. The quantitative estimate of drug-likeness (QED) is 0.791. The van der Waals surface area contributed by atoms with Gasteiger partial charge >= 0.3 is 6.18 Å². The highest BCUT2D eigenvalue weighted by molar-refractivity contribution is 5.94. The van der Waals surface area contributed by atoms with Crippen LogP contribution < -0.4 is 5.32 Å². The molecule has 1 fully saturated rings. The molecule has 2 aromatic carbocycles. The van der Waals surface area contributed by atoms with E-state index in [1.54, 1.807) is 6.92 Å². The first kappa shape index (κ1) is 18.2. The molecule has 0 bridgehead atoms. The van der Waals surface area contributed by atoms with Crippen molar-refractivity contribution in [3.63, 3.8) is 0 Å². The summed E-state index contributed by atoms with van der Waals surface area (Å²) in [6.07, 6.45) is -3.48. The molecule has 26 heavy (non-hydrogen) atoms. The Labute approximate surface area is 147 Å². The number of halogens is 4. The number of aryl methyl sites for hydroxylation is 1. The maximum Gasteiger partial charge on any atom is 0.416 e. The predicted octanol–water partition coefficient (Wildman–Crippen LogP) is 4.32. The number of rotatable bonds is 4. The Bertz CT molecular complexity index is 857. The molecule has 0 aliphatic heterocycles. The van der Waals surface area contributed by atoms with Gasteiger partial charge in [0.05, 0.1) is 5.56 Å². The highest BCUT2D eigenvalue weighted by atomic mass is 19.4. The van der Waals surface area contributed by atoms with E-state index >= 15 is 0 Å². The zero-order valence-electron chi connectivity index (χ0n) is 14.0. The Morgan fingerprint density at radius 1 is 1.19 bits per heavy atom. The molecule has 1 aliphatic carbocycles. The summed E-state index contributed by atoms with van der Waals surface area (Å²) >= 11 is 0. The minimum atomic E-state index is -4.63. The third-order valence-corrected chi connectivity index (χ3v) is 4.74. The number of alkyl halides is 3. The molecule has 7 heteroatoms. The molecular formula is C19H17F4NO2. The number of phenolic OH excluding ortho intramolecular Hbond substituents is 1. The molecule has 0 radical (unpaired) electrons. The van der Waals surface area contributed by atoms with E-state index in [-0.39, 0.29) is 17.9 Å². The SMILES string of the molecule is Cc1cc(C(=O)NCC2(c3cc(F)cc(C(F)(F)F)c3)CC2)ccc1O. The van der Waals surface area contributed by atoms with Gasteiger partial charge in [0, 0.05) is 17.5 Å². The number of hydrogen-bond acceptors (Lipinski definition) is 2. The maximum absolute atomic E-state index is 13.7. The van der Waals surface area contributed by atoms with Crippen LogP contribution in [0.5, 0.6) is 5.75 Å². The van der Waals surface area contributed by atoms with Gasteiger partial charge in [-0.2, -0.15) is 13.2 Å². The fourth-order valence-electron chi connectivity index (χ4n) is 2.93. The summed E-state index contributed by atoms with van der Waals surface area (Å²) in [5, 5.41) is 12.2. The van der Waals surface area contributed by atoms with Crippen LogP contribution in [0.15, 0.2) is 36.4 Å². The summed E-state index contributed by atoms with van der Waals surface area (Å²) in [6.45, 7) is 1.77. The van der Waals surface area contributed by atoms with Crippen molar-refractivity contribution in [2.24, 2.45) is 0 Å². The first-order valence-corrected chi connectivity index (χ1v) is 8.07. The monoisotopic (exact) mass is 367 g/mol. The molecule has 0 spiro atoms. The molecule has 0 aromatic heterocycles. The highest BCUT2D eigenvalue weighted by Crippen LogP contribution is 2.49. The average Bonchev–Trinajstić information content (AvgIpc) is 3.35. The molecule has 1 saturated carbocycles. The molecule has 3 rings (SSSR count). The third-order valence-electron chi connectivity index (χ3n) is 4.74. The van der Waals surface area contributed by atoms with E-state index in [9.17, 15) is 27.5 Å². The van der Waals surface area contributed by atoms with Gasteiger partial charge in [0.25, 0.3) is 5.91 Å². The average molecular weight is 367 g/mol. The van der Waals surface area contributed by atoms with Crippen LogP contribution in [0, 0.1) is 12.7 Å². The lowest BCUT2D eigenvalue weighted by Gasteiger charge is -2.19. The molecule has 0 atom stereocenters. The third kappa shape index (κ3) is 3.66. The summed E-state index contributed by atoms with van der Waals surface area (Å²) in [4.78, 5) is 12.3. The molecule has 138 valence electrons. The molecular weight excluding hydrogens is 350 g/mol. The van der Waals surface area contributed by atoms with Gasteiger partial charge in [-0.25, -0.2) is 4.39 Å². The zero-order valence-corrected chi connectivity index (χ0v) is 14.0. The van der Waals surface area contributed by atoms with Gasteiger partial charge < -0.3 is 10.4 Å². The number of aromatic hydroxyl groups is 1. The minimum Gasteiger partial charge on any atom is -0.508 e. The second kappa shape index (κ2) is 6.30. The van der Waals surface area contributed by atoms with Gasteiger partial charge in [-0.15, -0.1) is 0 Å². The van der Waals surface area contributed by atoms with Gasteiger partial charge in [0.2, 0.25) is 0 Å². The molecule has 1 aliphatic rings. The lowest BCUT2D eigenvalue weighted by molar-refractivity contribution is -0.137. The van der Waals surface area contributed by atoms with E-state index in [4.69, 9.17) is 0 Å². The first-order valence-electron chi connectivity index (χ1n) is 8.07. The lowest BCUT2D eigenvalue weighted by Crippen LogP contribution is -2.32. The van der Waals surface area contributed by atoms with Crippen LogP contribution in [-0.4, -0.2) is 17.6 Å². The van der Waals surface area contributed by atoms with Crippen LogP contribution in [0.4, 0.5) is 17.6 Å². The summed E-state index contributed by atoms with van der Waals surface area (Å²) < 4.78 is 52.4. The van der Waals surface area contributed by atoms with Crippen LogP contribution in [0.1, 0.15) is 39.9 Å². The Morgan fingerprint density at radius 3 is 2.46 bits per heavy atom. The summed E-state index contributed by atoms with van der Waals surface area (Å²) in [5.74, 6) is -1.27. The van der Waals surface area contributed by atoms with Gasteiger partial charge in [0.1, 0.15) is 11.6 Å². The van der Waals surface area contributed by atoms with E-state index < -0.39 is 28.9 Å². The first-order chi connectivity index (χ1) is 12.1. The van der Waals surface area contributed by atoms with Crippen LogP contribution in [0.2, 0.25) is 0 Å². The lowest BCUT2D eigenvalue weighted by atomic mass is 9.93. The Kier molecular flexibility index (Phi) is 4.42. The van der Waals surface area contributed by atoms with Crippen LogP contribution >= 0.6 is 0 Å². The number of nitrogens with one attached hydrogen (secondary N) is 1. The molecule has 2 aromatic rings. The Balaban J connectivity index is 1.77. The van der Waals surface area contributed by atoms with Crippen LogP contribution in [0.25, 0.3) is 0 Å². The topological polar surface area (TPSA) is 49.3 Å². The Morgan fingerprint density at radius 2 is 1.88 bits per heavy atom. The van der Waals surface area contributed by atoms with Gasteiger partial charge in [0.15, 0.2) is 0 Å². The smallest absolute Gasteiger partial charge is 0.416 e. The molecule has 0 heterocycles. The van der Waals surface area contributed by atoms with Crippen LogP contribution in [-0.2, 0) is 11.6 Å². The van der Waals surface area contributed by atoms with E-state index in [1.165, 1.54) is 18.2 Å². The maximum atomic E-state index is 13.7. The fourth-order valence-corrected chi connectivity index (χ4v) is 2.93. The van der Waals surface area contributed by atoms with Crippen molar-refractivity contribution in [2.45, 2.75) is 31.4 Å². The number of hydrogen-bond donors (Lipinski definition) is 2. The second-order valence-corrected chi connectivity index (χ2v) is 6.69. The van der Waals surface area contributed by atoms with E-state index in [2.05, 4.69) is 5.32 Å². The van der Waals surface area contributed by atoms with Gasteiger partial charge in [-0.05, 0) is 67.3 Å². The number of benzene rings is 2. The predicted molar refractivity (Wildman–Crippen MR) is 87.5 cm³/mol. The van der Waals surface area contributed by atoms with Gasteiger partial charge in [-0.1, -0.05) is 0 Å². The minimum absolute atomic E-state index is 0.0691. The largest absolute Gasteiger partial charge is 0.508 e. The molecule has 3 nitrogen and oxygen atoms in total. The van der Waals surface area contributed by atoms with Crippen LogP contribution in [0.3, 0.4) is 0 Å². The summed E-state index contributed by atoms with van der Waals surface area (Å²) in [7, 11) is 0. The summed E-state index contributed by atoms with van der Waals surface area (Å²) in [6, 6.07) is 6.90. The molecule has 0 unspecified atom stereocenters. The van der Waals surface area contributed by atoms with Gasteiger partial charge in [-0.3, -0.25) is 4.79 Å². The standard InChI is InChI=1S/C19H17F4NO2/c1-11-6-12(2-3-16(11)25)17(26)24-10-18(4-5-18)13-7-14(19(21,22)23)9-15(20)8-13/h2-3,6-9,25H,4-5,10H2,1H3,(H,24,26). The van der Waals surface area contributed by atoms with Crippen molar-refractivity contribution >= 4 is 5.91 Å². The molecule has 1 amide bonds. The summed E-state index contributed by atoms with van der Waals surface area (Å²) in [5.41, 5.74) is -0.583. The highest BCUT2D eigenvalue weighted by Gasteiger charge is 2.46. The van der Waals surface area contributed by atoms with Crippen molar-refractivity contribution in [2.75, 3.05) is 6.54 Å². The molecule has 2 N–H and O–H groups in total. The van der Waals surface area contributed by atoms with E-state index in [0.717, 1.165) is 12.1 Å². The van der Waals surface area contributed by atoms with E-state index in [1.807, 2.05) is 0 Å². The van der Waals surface area contributed by atoms with Crippen molar-refractivity contribution < 1.29 is 27.5 Å². The number of carbonyl (C=O) groups excluding carboxylic acids is 1. The number of phenols is 1. The van der Waals surface area contributed by atoms with Crippen molar-refractivity contribution in [1.29, 1.82) is 0 Å². The van der Waals surface area contributed by atoms with Crippen molar-refractivity contribution in [1.82, 2.24) is 5.32 Å². The van der Waals surface area contributed by atoms with E-state index in [0.29, 0.717) is 30.0 Å². The number of carbonyl (C=O) groups is 1. The van der Waals surface area contributed by atoms with Crippen molar-refractivity contribution in [3.8, 4) is 5.75 Å².